The van der Waals surface area contributed by atoms with Gasteiger partial charge in [-0.15, -0.1) is 0 Å². The van der Waals surface area contributed by atoms with Crippen LogP contribution in [-0.4, -0.2) is 13.1 Å². The van der Waals surface area contributed by atoms with E-state index in [-0.39, 0.29) is 0 Å². The summed E-state index contributed by atoms with van der Waals surface area (Å²) in [4.78, 5) is 0. The summed E-state index contributed by atoms with van der Waals surface area (Å²) in [6.45, 7) is 6.86. The molecule has 0 amide bonds. The van der Waals surface area contributed by atoms with Gasteiger partial charge >= 0.3 is 0 Å². The van der Waals surface area contributed by atoms with Gasteiger partial charge < -0.3 is 5.32 Å². The third-order valence-electron chi connectivity index (χ3n) is 3.00. The van der Waals surface area contributed by atoms with Crippen LogP contribution in [0.1, 0.15) is 32.8 Å². The van der Waals surface area contributed by atoms with E-state index in [1.54, 1.807) is 0 Å². The molecule has 1 N–H and O–H groups in total. The highest BCUT2D eigenvalue weighted by molar-refractivity contribution is 9.10. The van der Waals surface area contributed by atoms with Crippen molar-refractivity contribution in [3.63, 3.8) is 0 Å². The van der Waals surface area contributed by atoms with Crippen LogP contribution in [0.4, 0.5) is 0 Å². The van der Waals surface area contributed by atoms with E-state index in [0.29, 0.717) is 11.5 Å². The highest BCUT2D eigenvalue weighted by atomic mass is 79.9. The Labute approximate surface area is 108 Å². The number of benzene rings is 1. The van der Waals surface area contributed by atoms with Crippen LogP contribution >= 0.6 is 15.9 Å². The molecule has 0 saturated carbocycles. The van der Waals surface area contributed by atoms with Crippen molar-refractivity contribution >= 4 is 15.9 Å². The number of hydrogen-bond donors (Lipinski definition) is 1. The molecule has 1 aromatic rings. The van der Waals surface area contributed by atoms with Crippen LogP contribution < -0.4 is 5.32 Å². The van der Waals surface area contributed by atoms with Gasteiger partial charge in [0.2, 0.25) is 0 Å². The molecule has 1 atom stereocenters. The molecule has 1 unspecified atom stereocenters. The van der Waals surface area contributed by atoms with Gasteiger partial charge in [-0.2, -0.15) is 0 Å². The molecule has 1 aromatic carbocycles. The molecule has 0 aliphatic heterocycles. The largest absolute Gasteiger partial charge is 0.316 e. The molecule has 1 rings (SSSR count). The average Bonchev–Trinajstić information content (AvgIpc) is 2.16. The average molecular weight is 284 g/mol. The molecular formula is C14H22BrN. The molecule has 0 bridgehead atoms. The van der Waals surface area contributed by atoms with Gasteiger partial charge in [-0.05, 0) is 43.0 Å². The molecule has 0 fully saturated rings. The Morgan fingerprint density at radius 1 is 1.31 bits per heavy atom. The second kappa shape index (κ2) is 5.83. The molecule has 90 valence electrons. The summed E-state index contributed by atoms with van der Waals surface area (Å²) in [5, 5.41) is 3.42. The van der Waals surface area contributed by atoms with Crippen LogP contribution in [0.25, 0.3) is 0 Å². The van der Waals surface area contributed by atoms with Crippen LogP contribution in [0.3, 0.4) is 0 Å². The van der Waals surface area contributed by atoms with E-state index in [1.807, 2.05) is 0 Å². The third-order valence-corrected chi connectivity index (χ3v) is 3.50. The zero-order valence-corrected chi connectivity index (χ0v) is 12.3. The van der Waals surface area contributed by atoms with Crippen molar-refractivity contribution < 1.29 is 0 Å². The molecule has 0 saturated heterocycles. The lowest BCUT2D eigenvalue weighted by atomic mass is 9.83. The van der Waals surface area contributed by atoms with E-state index in [0.717, 1.165) is 6.42 Å². The Morgan fingerprint density at radius 3 is 2.50 bits per heavy atom. The number of nitrogens with one attached hydrogen (secondary N) is 1. The molecule has 0 aliphatic carbocycles. The first-order chi connectivity index (χ1) is 7.43. The first-order valence-electron chi connectivity index (χ1n) is 5.85. The van der Waals surface area contributed by atoms with E-state index < -0.39 is 0 Å². The Kier molecular flexibility index (Phi) is 5.00. The quantitative estimate of drug-likeness (QED) is 0.880. The fraction of sp³-hybridized carbons (Fsp3) is 0.571. The van der Waals surface area contributed by atoms with E-state index in [4.69, 9.17) is 0 Å². The van der Waals surface area contributed by atoms with Crippen LogP contribution in [0.5, 0.6) is 0 Å². The zero-order chi connectivity index (χ0) is 12.2. The second-order valence-electron chi connectivity index (χ2n) is 5.38. The van der Waals surface area contributed by atoms with Crippen LogP contribution in [-0.2, 0) is 6.42 Å². The van der Waals surface area contributed by atoms with Gasteiger partial charge in [-0.1, -0.05) is 48.8 Å². The van der Waals surface area contributed by atoms with Crippen molar-refractivity contribution in [2.75, 3.05) is 7.05 Å². The SMILES string of the molecule is CNC(CCc1cccc(Br)c1)C(C)(C)C. The fourth-order valence-corrected chi connectivity index (χ4v) is 2.46. The number of hydrogen-bond acceptors (Lipinski definition) is 1. The third kappa shape index (κ3) is 4.26. The van der Waals surface area contributed by atoms with Crippen molar-refractivity contribution in [1.29, 1.82) is 0 Å². The maximum Gasteiger partial charge on any atom is 0.0177 e. The minimum Gasteiger partial charge on any atom is -0.316 e. The van der Waals surface area contributed by atoms with Crippen LogP contribution in [0.15, 0.2) is 28.7 Å². The van der Waals surface area contributed by atoms with Gasteiger partial charge in [0.05, 0.1) is 0 Å². The lowest BCUT2D eigenvalue weighted by Gasteiger charge is -2.30. The topological polar surface area (TPSA) is 12.0 Å². The van der Waals surface area contributed by atoms with Gasteiger partial charge in [0.15, 0.2) is 0 Å². The van der Waals surface area contributed by atoms with Crippen molar-refractivity contribution in [3.8, 4) is 0 Å². The summed E-state index contributed by atoms with van der Waals surface area (Å²) in [5.41, 5.74) is 1.72. The van der Waals surface area contributed by atoms with Gasteiger partial charge in [0.1, 0.15) is 0 Å². The first-order valence-corrected chi connectivity index (χ1v) is 6.64. The van der Waals surface area contributed by atoms with Gasteiger partial charge in [-0.25, -0.2) is 0 Å². The highest BCUT2D eigenvalue weighted by Crippen LogP contribution is 2.23. The van der Waals surface area contributed by atoms with Crippen molar-refractivity contribution in [1.82, 2.24) is 5.32 Å². The maximum atomic E-state index is 3.51. The van der Waals surface area contributed by atoms with E-state index in [9.17, 15) is 0 Å². The summed E-state index contributed by atoms with van der Waals surface area (Å²) < 4.78 is 1.17. The Hall–Kier alpha value is -0.340. The zero-order valence-electron chi connectivity index (χ0n) is 10.7. The van der Waals surface area contributed by atoms with Crippen molar-refractivity contribution in [2.45, 2.75) is 39.7 Å². The summed E-state index contributed by atoms with van der Waals surface area (Å²) in [6, 6.07) is 9.13. The fourth-order valence-electron chi connectivity index (χ4n) is 2.01. The van der Waals surface area contributed by atoms with Gasteiger partial charge in [-0.3, -0.25) is 0 Å². The molecule has 0 radical (unpaired) electrons. The summed E-state index contributed by atoms with van der Waals surface area (Å²) in [7, 11) is 2.05. The number of halogens is 1. The smallest absolute Gasteiger partial charge is 0.0177 e. The molecule has 0 heterocycles. The van der Waals surface area contributed by atoms with Crippen LogP contribution in [0, 0.1) is 5.41 Å². The molecule has 0 spiro atoms. The van der Waals surface area contributed by atoms with Crippen molar-refractivity contribution in [3.05, 3.63) is 34.3 Å². The van der Waals surface area contributed by atoms with Gasteiger partial charge in [0.25, 0.3) is 0 Å². The lowest BCUT2D eigenvalue weighted by molar-refractivity contribution is 0.268. The predicted octanol–water partition coefficient (Wildman–Crippen LogP) is 4.02. The summed E-state index contributed by atoms with van der Waals surface area (Å²) >= 11 is 3.51. The number of rotatable bonds is 4. The molecule has 0 aromatic heterocycles. The Morgan fingerprint density at radius 2 is 2.00 bits per heavy atom. The summed E-state index contributed by atoms with van der Waals surface area (Å²) in [5.74, 6) is 0. The minimum absolute atomic E-state index is 0.320. The molecular weight excluding hydrogens is 262 g/mol. The second-order valence-corrected chi connectivity index (χ2v) is 6.29. The molecule has 2 heteroatoms. The Bertz CT molecular complexity index is 328. The normalized spacial score (nSPS) is 13.8. The standard InChI is InChI=1S/C14H22BrN/c1-14(2,3)13(16-4)9-8-11-6-5-7-12(15)10-11/h5-7,10,13,16H,8-9H2,1-4H3. The van der Waals surface area contributed by atoms with E-state index in [2.05, 4.69) is 73.3 Å². The minimum atomic E-state index is 0.320. The highest BCUT2D eigenvalue weighted by Gasteiger charge is 2.22. The lowest BCUT2D eigenvalue weighted by Crippen LogP contribution is -2.38. The van der Waals surface area contributed by atoms with Gasteiger partial charge in [0, 0.05) is 10.5 Å². The first kappa shape index (κ1) is 13.7. The molecule has 0 aliphatic rings. The van der Waals surface area contributed by atoms with Crippen LogP contribution in [0.2, 0.25) is 0 Å². The molecule has 16 heavy (non-hydrogen) atoms. The van der Waals surface area contributed by atoms with Crippen molar-refractivity contribution in [2.24, 2.45) is 5.41 Å². The van der Waals surface area contributed by atoms with E-state index in [1.165, 1.54) is 16.5 Å². The monoisotopic (exact) mass is 283 g/mol. The molecule has 1 nitrogen and oxygen atoms in total. The Balaban J connectivity index is 2.56. The number of aryl methyl sites for hydroxylation is 1. The van der Waals surface area contributed by atoms with E-state index >= 15 is 0 Å². The maximum absolute atomic E-state index is 3.51. The predicted molar refractivity (Wildman–Crippen MR) is 74.8 cm³/mol. The summed E-state index contributed by atoms with van der Waals surface area (Å²) in [6.07, 6.45) is 2.30.